The lowest BCUT2D eigenvalue weighted by Crippen LogP contribution is -2.16. The first-order valence-electron chi connectivity index (χ1n) is 8.52. The van der Waals surface area contributed by atoms with Crippen molar-refractivity contribution in [3.05, 3.63) is 40.9 Å². The van der Waals surface area contributed by atoms with Crippen molar-refractivity contribution in [2.24, 2.45) is 0 Å². The van der Waals surface area contributed by atoms with E-state index in [4.69, 9.17) is 4.74 Å². The summed E-state index contributed by atoms with van der Waals surface area (Å²) in [5, 5.41) is 12.2. The van der Waals surface area contributed by atoms with Gasteiger partial charge in [-0.25, -0.2) is 4.79 Å². The molecule has 3 rings (SSSR count). The molecule has 0 aliphatic carbocycles. The maximum atomic E-state index is 12.4. The Kier molecular flexibility index (Phi) is 6.12. The summed E-state index contributed by atoms with van der Waals surface area (Å²) >= 11 is 2.69. The van der Waals surface area contributed by atoms with Gasteiger partial charge in [0.05, 0.1) is 17.9 Å². The lowest BCUT2D eigenvalue weighted by molar-refractivity contribution is -0.113. The second kappa shape index (κ2) is 8.53. The number of amides is 1. The van der Waals surface area contributed by atoms with Crippen molar-refractivity contribution in [2.75, 3.05) is 17.7 Å². The Bertz CT molecular complexity index is 965. The molecule has 1 N–H and O–H groups in total. The Labute approximate surface area is 165 Å². The van der Waals surface area contributed by atoms with Gasteiger partial charge in [-0.3, -0.25) is 9.20 Å². The zero-order valence-corrected chi connectivity index (χ0v) is 16.9. The highest BCUT2D eigenvalue weighted by Gasteiger charge is 2.20. The van der Waals surface area contributed by atoms with Crippen LogP contribution < -0.4 is 5.32 Å². The largest absolute Gasteiger partial charge is 0.462 e. The van der Waals surface area contributed by atoms with E-state index in [1.165, 1.54) is 23.1 Å². The van der Waals surface area contributed by atoms with Crippen LogP contribution >= 0.6 is 23.1 Å². The number of rotatable bonds is 7. The topological polar surface area (TPSA) is 85.6 Å². The third-order valence-corrected chi connectivity index (χ3v) is 5.98. The molecule has 9 heteroatoms. The normalized spacial score (nSPS) is 11.1. The molecule has 0 spiro atoms. The van der Waals surface area contributed by atoms with Crippen molar-refractivity contribution in [3.63, 3.8) is 0 Å². The number of anilines is 1. The Morgan fingerprint density at radius 3 is 2.89 bits per heavy atom. The minimum absolute atomic E-state index is 0.160. The van der Waals surface area contributed by atoms with Crippen LogP contribution in [0.2, 0.25) is 0 Å². The van der Waals surface area contributed by atoms with Crippen LogP contribution in [0.15, 0.2) is 35.6 Å². The highest BCUT2D eigenvalue weighted by Crippen LogP contribution is 2.33. The number of fused-ring (bicyclic) bond motifs is 1. The molecule has 1 amide bonds. The van der Waals surface area contributed by atoms with E-state index in [1.54, 1.807) is 13.0 Å². The third kappa shape index (κ3) is 4.48. The fraction of sp³-hybridized carbons (Fsp3) is 0.333. The standard InChI is InChI=1S/C18H20N4O3S2/c1-4-25-17(24)12-9-13(11(2)3)27-16(12)19-15(23)10-26-18-21-20-14-7-5-6-8-22(14)18/h5-9,11H,4,10H2,1-3H3,(H,19,23). The van der Waals surface area contributed by atoms with Crippen molar-refractivity contribution in [1.82, 2.24) is 14.6 Å². The van der Waals surface area contributed by atoms with Crippen LogP contribution in [-0.4, -0.2) is 38.8 Å². The Hall–Kier alpha value is -2.39. The molecule has 0 saturated heterocycles. The van der Waals surface area contributed by atoms with E-state index in [-0.39, 0.29) is 24.2 Å². The fourth-order valence-electron chi connectivity index (χ4n) is 2.36. The summed E-state index contributed by atoms with van der Waals surface area (Å²) < 4.78 is 6.92. The van der Waals surface area contributed by atoms with Crippen LogP contribution in [0.5, 0.6) is 0 Å². The van der Waals surface area contributed by atoms with E-state index in [0.29, 0.717) is 15.7 Å². The number of nitrogens with zero attached hydrogens (tertiary/aromatic N) is 3. The zero-order valence-electron chi connectivity index (χ0n) is 15.3. The molecule has 0 bridgehead atoms. The first-order valence-corrected chi connectivity index (χ1v) is 10.3. The van der Waals surface area contributed by atoms with E-state index < -0.39 is 5.97 Å². The van der Waals surface area contributed by atoms with E-state index in [1.807, 2.05) is 42.6 Å². The molecule has 0 radical (unpaired) electrons. The number of hydrogen-bond donors (Lipinski definition) is 1. The summed E-state index contributed by atoms with van der Waals surface area (Å²) in [5.41, 5.74) is 1.13. The van der Waals surface area contributed by atoms with Gasteiger partial charge in [0, 0.05) is 11.1 Å². The minimum atomic E-state index is -0.424. The fourth-order valence-corrected chi connectivity index (χ4v) is 4.15. The number of ether oxygens (including phenoxy) is 1. The maximum Gasteiger partial charge on any atom is 0.341 e. The highest BCUT2D eigenvalue weighted by atomic mass is 32.2. The van der Waals surface area contributed by atoms with Crippen LogP contribution in [-0.2, 0) is 9.53 Å². The smallest absolute Gasteiger partial charge is 0.341 e. The van der Waals surface area contributed by atoms with Crippen molar-refractivity contribution < 1.29 is 14.3 Å². The summed E-state index contributed by atoms with van der Waals surface area (Å²) in [6, 6.07) is 7.40. The molecular weight excluding hydrogens is 384 g/mol. The molecule has 0 aliphatic heterocycles. The number of pyridine rings is 1. The molecule has 0 saturated carbocycles. The van der Waals surface area contributed by atoms with Crippen molar-refractivity contribution in [1.29, 1.82) is 0 Å². The summed E-state index contributed by atoms with van der Waals surface area (Å²) in [6.07, 6.45) is 1.85. The van der Waals surface area contributed by atoms with Gasteiger partial charge in [-0.05, 0) is 31.0 Å². The molecule has 7 nitrogen and oxygen atoms in total. The number of hydrogen-bond acceptors (Lipinski definition) is 7. The van der Waals surface area contributed by atoms with Gasteiger partial charge in [-0.15, -0.1) is 21.5 Å². The number of thiophene rings is 1. The van der Waals surface area contributed by atoms with E-state index >= 15 is 0 Å². The van der Waals surface area contributed by atoms with Gasteiger partial charge in [0.15, 0.2) is 10.8 Å². The second-order valence-electron chi connectivity index (χ2n) is 6.02. The summed E-state index contributed by atoms with van der Waals surface area (Å²) in [5.74, 6) is -0.222. The second-order valence-corrected chi connectivity index (χ2v) is 8.04. The number of thioether (sulfide) groups is 1. The van der Waals surface area contributed by atoms with Gasteiger partial charge in [0.1, 0.15) is 5.00 Å². The minimum Gasteiger partial charge on any atom is -0.462 e. The van der Waals surface area contributed by atoms with Crippen LogP contribution in [0, 0.1) is 0 Å². The van der Waals surface area contributed by atoms with Crippen molar-refractivity contribution in [2.45, 2.75) is 31.8 Å². The van der Waals surface area contributed by atoms with Crippen molar-refractivity contribution in [3.8, 4) is 0 Å². The summed E-state index contributed by atoms with van der Waals surface area (Å²) in [7, 11) is 0. The Morgan fingerprint density at radius 1 is 1.33 bits per heavy atom. The van der Waals surface area contributed by atoms with Gasteiger partial charge < -0.3 is 10.1 Å². The Balaban J connectivity index is 1.70. The summed E-state index contributed by atoms with van der Waals surface area (Å²) in [4.78, 5) is 25.6. The average Bonchev–Trinajstić information content (AvgIpc) is 3.24. The molecular formula is C18H20N4O3S2. The molecule has 27 heavy (non-hydrogen) atoms. The van der Waals surface area contributed by atoms with Crippen LogP contribution in [0.25, 0.3) is 5.65 Å². The van der Waals surface area contributed by atoms with Gasteiger partial charge >= 0.3 is 5.97 Å². The molecule has 3 aromatic heterocycles. The Morgan fingerprint density at radius 2 is 2.15 bits per heavy atom. The average molecular weight is 405 g/mol. The number of carbonyl (C=O) groups excluding carboxylic acids is 2. The SMILES string of the molecule is CCOC(=O)c1cc(C(C)C)sc1NC(=O)CSc1nnc2ccccn12. The molecule has 0 unspecified atom stereocenters. The molecule has 142 valence electrons. The lowest BCUT2D eigenvalue weighted by atomic mass is 10.1. The monoisotopic (exact) mass is 404 g/mol. The predicted octanol–water partition coefficient (Wildman–Crippen LogP) is 3.82. The zero-order chi connectivity index (χ0) is 19.4. The number of esters is 1. The van der Waals surface area contributed by atoms with Gasteiger partial charge in [0.2, 0.25) is 5.91 Å². The molecule has 3 aromatic rings. The third-order valence-electron chi connectivity index (χ3n) is 3.68. The highest BCUT2D eigenvalue weighted by molar-refractivity contribution is 7.99. The number of aromatic nitrogens is 3. The number of nitrogens with one attached hydrogen (secondary N) is 1. The maximum absolute atomic E-state index is 12.4. The predicted molar refractivity (Wildman–Crippen MR) is 107 cm³/mol. The first kappa shape index (κ1) is 19.4. The van der Waals surface area contributed by atoms with Gasteiger partial charge in [0.25, 0.3) is 0 Å². The van der Waals surface area contributed by atoms with Crippen LogP contribution in [0.4, 0.5) is 5.00 Å². The quantitative estimate of drug-likeness (QED) is 0.476. The molecule has 0 aliphatic rings. The molecule has 0 aromatic carbocycles. The van der Waals surface area contributed by atoms with Gasteiger partial charge in [-0.1, -0.05) is 31.7 Å². The van der Waals surface area contributed by atoms with Crippen LogP contribution in [0.3, 0.4) is 0 Å². The lowest BCUT2D eigenvalue weighted by Gasteiger charge is -2.05. The van der Waals surface area contributed by atoms with Crippen molar-refractivity contribution >= 4 is 45.6 Å². The van der Waals surface area contributed by atoms with Gasteiger partial charge in [-0.2, -0.15) is 0 Å². The van der Waals surface area contributed by atoms with E-state index in [9.17, 15) is 9.59 Å². The van der Waals surface area contributed by atoms with E-state index in [0.717, 1.165) is 10.5 Å². The van der Waals surface area contributed by atoms with E-state index in [2.05, 4.69) is 15.5 Å². The first-order chi connectivity index (χ1) is 13.0. The van der Waals surface area contributed by atoms with Crippen LogP contribution in [0.1, 0.15) is 41.9 Å². The molecule has 0 atom stereocenters. The molecule has 0 fully saturated rings. The molecule has 3 heterocycles. The number of carbonyl (C=O) groups is 2. The summed E-state index contributed by atoms with van der Waals surface area (Å²) in [6.45, 7) is 6.12.